The maximum Gasteiger partial charge on any atom is 0.238 e. The summed E-state index contributed by atoms with van der Waals surface area (Å²) >= 11 is 6.39. The van der Waals surface area contributed by atoms with Crippen molar-refractivity contribution in [3.8, 4) is 0 Å². The van der Waals surface area contributed by atoms with Gasteiger partial charge in [0.2, 0.25) is 5.91 Å². The van der Waals surface area contributed by atoms with Crippen molar-refractivity contribution in [3.63, 3.8) is 0 Å². The molecule has 146 valence electrons. The highest BCUT2D eigenvalue weighted by atomic mass is 35.5. The summed E-state index contributed by atoms with van der Waals surface area (Å²) in [5.74, 6) is 0.0213. The number of hydrogen-bond donors (Lipinski definition) is 2. The number of anilines is 1. The van der Waals surface area contributed by atoms with E-state index in [1.807, 2.05) is 43.3 Å². The summed E-state index contributed by atoms with van der Waals surface area (Å²) in [6.45, 7) is 6.98. The van der Waals surface area contributed by atoms with Gasteiger partial charge in [0.05, 0.1) is 6.54 Å². The van der Waals surface area contributed by atoms with E-state index < -0.39 is 0 Å². The lowest BCUT2D eigenvalue weighted by Crippen LogP contribution is -2.48. The maximum atomic E-state index is 12.8. The summed E-state index contributed by atoms with van der Waals surface area (Å²) in [7, 11) is 0. The first-order valence-corrected chi connectivity index (χ1v) is 9.55. The molecule has 1 unspecified atom stereocenters. The molecule has 0 aliphatic carbocycles. The van der Waals surface area contributed by atoms with Gasteiger partial charge in [0.1, 0.15) is 0 Å². The summed E-state index contributed by atoms with van der Waals surface area (Å²) in [4.78, 5) is 15.0. The molecule has 4 nitrogen and oxygen atoms in total. The van der Waals surface area contributed by atoms with Crippen LogP contribution in [0, 0.1) is 6.92 Å². The summed E-state index contributed by atoms with van der Waals surface area (Å²) in [5.41, 5.74) is 4.28. The van der Waals surface area contributed by atoms with E-state index in [2.05, 4.69) is 28.5 Å². The molecule has 6 heteroatoms. The number of carbonyl (C=O) groups excluding carboxylic acids is 1. The number of benzene rings is 2. The van der Waals surface area contributed by atoms with Gasteiger partial charge in [-0.1, -0.05) is 54.9 Å². The van der Waals surface area contributed by atoms with E-state index in [4.69, 9.17) is 11.6 Å². The molecule has 2 N–H and O–H groups in total. The Kier molecular flexibility index (Phi) is 8.11. The fourth-order valence-corrected chi connectivity index (χ4v) is 3.81. The van der Waals surface area contributed by atoms with Crippen LogP contribution in [0.25, 0.3) is 0 Å². The summed E-state index contributed by atoms with van der Waals surface area (Å²) in [6.07, 6.45) is 0.896. The second-order valence-corrected chi connectivity index (χ2v) is 7.13. The monoisotopic (exact) mass is 407 g/mol. The number of piperazine rings is 1. The van der Waals surface area contributed by atoms with Crippen LogP contribution in [0.1, 0.15) is 29.7 Å². The lowest BCUT2D eigenvalue weighted by Gasteiger charge is -2.36. The fraction of sp³-hybridized carbons (Fsp3) is 0.381. The number of rotatable bonds is 5. The van der Waals surface area contributed by atoms with Crippen molar-refractivity contribution in [2.24, 2.45) is 0 Å². The summed E-state index contributed by atoms with van der Waals surface area (Å²) < 4.78 is 0. The molecular formula is C21H27Cl2N3O. The zero-order chi connectivity index (χ0) is 18.5. The van der Waals surface area contributed by atoms with Crippen LogP contribution in [0.5, 0.6) is 0 Å². The van der Waals surface area contributed by atoms with Gasteiger partial charge in [-0.25, -0.2) is 0 Å². The Morgan fingerprint density at radius 2 is 2.04 bits per heavy atom. The third-order valence-electron chi connectivity index (χ3n) is 4.97. The highest BCUT2D eigenvalue weighted by Crippen LogP contribution is 2.28. The molecule has 1 aliphatic heterocycles. The average Bonchev–Trinajstić information content (AvgIpc) is 2.64. The number of amides is 1. The standard InChI is InChI=1S/C21H26ClN3O.ClH/c1-3-16-8-6-7-15(2)21(16)24-20(26)14-25-12-11-23-13-19(25)17-9-4-5-10-18(17)22;/h4-10,19,23H,3,11-14H2,1-2H3,(H,24,26);1H. The molecule has 0 radical (unpaired) electrons. The van der Waals surface area contributed by atoms with Crippen LogP contribution in [-0.2, 0) is 11.2 Å². The van der Waals surface area contributed by atoms with E-state index in [0.29, 0.717) is 6.54 Å². The number of aryl methyl sites for hydroxylation is 2. The van der Waals surface area contributed by atoms with Crippen LogP contribution in [0.4, 0.5) is 5.69 Å². The average molecular weight is 408 g/mol. The molecule has 1 fully saturated rings. The second-order valence-electron chi connectivity index (χ2n) is 6.72. The van der Waals surface area contributed by atoms with Gasteiger partial charge < -0.3 is 10.6 Å². The van der Waals surface area contributed by atoms with Gasteiger partial charge in [0.15, 0.2) is 0 Å². The molecule has 1 atom stereocenters. The molecule has 3 rings (SSSR count). The summed E-state index contributed by atoms with van der Waals surface area (Å²) in [6, 6.07) is 14.1. The first kappa shape index (κ1) is 21.7. The molecule has 1 aliphatic rings. The molecule has 27 heavy (non-hydrogen) atoms. The van der Waals surface area contributed by atoms with E-state index >= 15 is 0 Å². The second kappa shape index (κ2) is 10.1. The Balaban J connectivity index is 0.00000261. The topological polar surface area (TPSA) is 44.4 Å². The minimum absolute atomic E-state index is 0. The van der Waals surface area contributed by atoms with Crippen molar-refractivity contribution in [1.29, 1.82) is 0 Å². The normalized spacial score (nSPS) is 17.2. The van der Waals surface area contributed by atoms with E-state index in [0.717, 1.165) is 47.9 Å². The van der Waals surface area contributed by atoms with Crippen LogP contribution in [0.2, 0.25) is 5.02 Å². The van der Waals surface area contributed by atoms with Gasteiger partial charge in [-0.3, -0.25) is 9.69 Å². The number of halogens is 2. The predicted molar refractivity (Wildman–Crippen MR) is 115 cm³/mol. The number of para-hydroxylation sites is 1. The SMILES string of the molecule is CCc1cccc(C)c1NC(=O)CN1CCNCC1c1ccccc1Cl.Cl. The zero-order valence-electron chi connectivity index (χ0n) is 15.8. The Morgan fingerprint density at radius 1 is 1.26 bits per heavy atom. The molecule has 1 saturated heterocycles. The lowest BCUT2D eigenvalue weighted by molar-refractivity contribution is -0.118. The highest BCUT2D eigenvalue weighted by Gasteiger charge is 2.27. The molecule has 0 aromatic heterocycles. The molecule has 1 heterocycles. The molecule has 2 aromatic rings. The van der Waals surface area contributed by atoms with Gasteiger partial charge in [0, 0.05) is 36.4 Å². The third-order valence-corrected chi connectivity index (χ3v) is 5.31. The Bertz CT molecular complexity index is 782. The van der Waals surface area contributed by atoms with Crippen LogP contribution < -0.4 is 10.6 Å². The highest BCUT2D eigenvalue weighted by molar-refractivity contribution is 6.31. The summed E-state index contributed by atoms with van der Waals surface area (Å²) in [5, 5.41) is 7.29. The number of nitrogens with zero attached hydrogens (tertiary/aromatic N) is 1. The van der Waals surface area contributed by atoms with Crippen molar-refractivity contribution >= 4 is 35.6 Å². The van der Waals surface area contributed by atoms with Gasteiger partial charge in [0.25, 0.3) is 0 Å². The number of nitrogens with one attached hydrogen (secondary N) is 2. The van der Waals surface area contributed by atoms with Gasteiger partial charge >= 0.3 is 0 Å². The van der Waals surface area contributed by atoms with Crippen molar-refractivity contribution in [2.45, 2.75) is 26.3 Å². The lowest BCUT2D eigenvalue weighted by atomic mass is 10.0. The quantitative estimate of drug-likeness (QED) is 0.779. The first-order valence-electron chi connectivity index (χ1n) is 9.17. The van der Waals surface area contributed by atoms with Crippen LogP contribution in [-0.4, -0.2) is 37.0 Å². The minimum Gasteiger partial charge on any atom is -0.324 e. The minimum atomic E-state index is 0. The predicted octanol–water partition coefficient (Wildman–Crippen LogP) is 4.22. The van der Waals surface area contributed by atoms with Crippen LogP contribution in [0.15, 0.2) is 42.5 Å². The van der Waals surface area contributed by atoms with Crippen molar-refractivity contribution in [1.82, 2.24) is 10.2 Å². The van der Waals surface area contributed by atoms with E-state index in [1.165, 1.54) is 5.56 Å². The first-order chi connectivity index (χ1) is 12.6. The third kappa shape index (κ3) is 5.23. The largest absolute Gasteiger partial charge is 0.324 e. The molecule has 0 saturated carbocycles. The van der Waals surface area contributed by atoms with Crippen molar-refractivity contribution in [3.05, 3.63) is 64.2 Å². The Labute approximate surface area is 172 Å². The van der Waals surface area contributed by atoms with Crippen LogP contribution >= 0.6 is 24.0 Å². The van der Waals surface area contributed by atoms with Gasteiger partial charge in [-0.05, 0) is 36.1 Å². The molecule has 2 aromatic carbocycles. The molecular weight excluding hydrogens is 381 g/mol. The molecule has 0 bridgehead atoms. The maximum absolute atomic E-state index is 12.8. The van der Waals surface area contributed by atoms with Gasteiger partial charge in [-0.15, -0.1) is 12.4 Å². The van der Waals surface area contributed by atoms with Gasteiger partial charge in [-0.2, -0.15) is 0 Å². The number of hydrogen-bond acceptors (Lipinski definition) is 3. The number of carbonyl (C=O) groups is 1. The van der Waals surface area contributed by atoms with Crippen molar-refractivity contribution < 1.29 is 4.79 Å². The van der Waals surface area contributed by atoms with E-state index in [9.17, 15) is 4.79 Å². The molecule has 1 amide bonds. The Hall–Kier alpha value is -1.59. The van der Waals surface area contributed by atoms with E-state index in [1.54, 1.807) is 0 Å². The van der Waals surface area contributed by atoms with E-state index in [-0.39, 0.29) is 24.4 Å². The zero-order valence-corrected chi connectivity index (χ0v) is 17.4. The Morgan fingerprint density at radius 3 is 2.78 bits per heavy atom. The molecule has 0 spiro atoms. The van der Waals surface area contributed by atoms with Crippen molar-refractivity contribution in [2.75, 3.05) is 31.5 Å². The van der Waals surface area contributed by atoms with Crippen LogP contribution in [0.3, 0.4) is 0 Å². The fourth-order valence-electron chi connectivity index (χ4n) is 3.55. The smallest absolute Gasteiger partial charge is 0.238 e.